The van der Waals surface area contributed by atoms with Crippen LogP contribution in [-0.2, 0) is 6.18 Å². The maximum atomic E-state index is 14.0. The van der Waals surface area contributed by atoms with E-state index in [1.54, 1.807) is 18.2 Å². The minimum absolute atomic E-state index is 0.0160. The number of nitriles is 4. The van der Waals surface area contributed by atoms with Crippen molar-refractivity contribution in [1.29, 1.82) is 21.0 Å². The molecule has 3 aromatic carbocycles. The molecular formula is C32H9F7N4OS. The van der Waals surface area contributed by atoms with Crippen molar-refractivity contribution < 1.29 is 35.5 Å². The summed E-state index contributed by atoms with van der Waals surface area (Å²) in [5.41, 5.74) is 0.379. The van der Waals surface area contributed by atoms with Crippen molar-refractivity contribution in [3.05, 3.63) is 98.0 Å². The molecule has 1 heterocycles. The van der Waals surface area contributed by atoms with E-state index in [-0.39, 0.29) is 33.4 Å². The molecule has 6 rings (SSSR count). The molecule has 218 valence electrons. The van der Waals surface area contributed by atoms with Gasteiger partial charge in [0.15, 0.2) is 0 Å². The van der Waals surface area contributed by atoms with E-state index >= 15 is 0 Å². The first-order valence-electron chi connectivity index (χ1n) is 12.5. The van der Waals surface area contributed by atoms with Gasteiger partial charge in [-0.1, -0.05) is 18.2 Å². The number of halogens is 7. The lowest BCUT2D eigenvalue weighted by Crippen LogP contribution is -2.17. The van der Waals surface area contributed by atoms with Gasteiger partial charge in [0.1, 0.15) is 47.0 Å². The molecule has 5 nitrogen and oxygen atoms in total. The van der Waals surface area contributed by atoms with E-state index in [9.17, 15) is 51.8 Å². The van der Waals surface area contributed by atoms with Gasteiger partial charge in [0.2, 0.25) is 0 Å². The molecule has 45 heavy (non-hydrogen) atoms. The average Bonchev–Trinajstić information content (AvgIpc) is 3.59. The summed E-state index contributed by atoms with van der Waals surface area (Å²) in [6.45, 7) is 0. The fraction of sp³-hybridized carbons (Fsp3) is 0.0625. The Morgan fingerprint density at radius 3 is 1.62 bits per heavy atom. The molecule has 0 unspecified atom stereocenters. The first kappa shape index (κ1) is 29.2. The van der Waals surface area contributed by atoms with Gasteiger partial charge in [0.25, 0.3) is 0 Å². The third-order valence-corrected chi connectivity index (χ3v) is 8.46. The highest BCUT2D eigenvalue weighted by Gasteiger charge is 2.41. The smallest absolute Gasteiger partial charge is 0.406 e. The lowest BCUT2D eigenvalue weighted by Gasteiger charge is -2.12. The fourth-order valence-electron chi connectivity index (χ4n) is 5.53. The van der Waals surface area contributed by atoms with Crippen LogP contribution in [0, 0.1) is 51.1 Å². The van der Waals surface area contributed by atoms with Crippen molar-refractivity contribution >= 4 is 22.5 Å². The highest BCUT2D eigenvalue weighted by molar-refractivity contribution is 7.16. The second-order valence-electron chi connectivity index (χ2n) is 9.67. The molecule has 0 radical (unpaired) electrons. The molecule has 2 aliphatic rings. The molecule has 0 bridgehead atoms. The summed E-state index contributed by atoms with van der Waals surface area (Å²) < 4.78 is 97.3. The van der Waals surface area contributed by atoms with Crippen molar-refractivity contribution in [2.75, 3.05) is 0 Å². The van der Waals surface area contributed by atoms with Gasteiger partial charge in [-0.3, -0.25) is 0 Å². The zero-order valence-corrected chi connectivity index (χ0v) is 22.8. The Morgan fingerprint density at radius 1 is 0.622 bits per heavy atom. The lowest BCUT2D eigenvalue weighted by atomic mass is 9.94. The highest BCUT2D eigenvalue weighted by Crippen LogP contribution is 2.61. The van der Waals surface area contributed by atoms with Gasteiger partial charge in [-0.15, -0.1) is 24.5 Å². The molecule has 0 amide bonds. The first-order chi connectivity index (χ1) is 21.3. The third kappa shape index (κ3) is 4.58. The Labute approximate surface area is 252 Å². The quantitative estimate of drug-likeness (QED) is 0.140. The number of nitrogens with zero attached hydrogens (tertiary/aromatic N) is 4. The van der Waals surface area contributed by atoms with Crippen LogP contribution in [0.3, 0.4) is 0 Å². The summed E-state index contributed by atoms with van der Waals surface area (Å²) in [4.78, 5) is 0.724. The van der Waals surface area contributed by atoms with Gasteiger partial charge in [0, 0.05) is 32.0 Å². The topological polar surface area (TPSA) is 104 Å². The van der Waals surface area contributed by atoms with Crippen LogP contribution in [0.15, 0.2) is 65.7 Å². The van der Waals surface area contributed by atoms with Gasteiger partial charge < -0.3 is 4.74 Å². The standard InChI is InChI=1S/C32H9F7N4OS/c33-24-6-2-15(8-23(24)31(34,35)36)14-1-4-19-21(7-14)25(16(10-40)11-41)29-27(19)28-20-5-3-18(44-32(37,38)39)9-22(20)26(30(28)45-29)17(12-42)13-43/h1-9H. The largest absolute Gasteiger partial charge is 0.573 e. The molecule has 0 saturated carbocycles. The normalized spacial score (nSPS) is 12.6. The van der Waals surface area contributed by atoms with Gasteiger partial charge in [0.05, 0.1) is 5.56 Å². The second kappa shape index (κ2) is 10.1. The minimum Gasteiger partial charge on any atom is -0.406 e. The average molecular weight is 631 g/mol. The zero-order chi connectivity index (χ0) is 32.4. The van der Waals surface area contributed by atoms with Crippen molar-refractivity contribution in [3.63, 3.8) is 0 Å². The Morgan fingerprint density at radius 2 is 1.11 bits per heavy atom. The third-order valence-electron chi connectivity index (χ3n) is 7.24. The maximum absolute atomic E-state index is 14.0. The monoisotopic (exact) mass is 630 g/mol. The maximum Gasteiger partial charge on any atom is 0.573 e. The van der Waals surface area contributed by atoms with Crippen LogP contribution >= 0.6 is 11.3 Å². The van der Waals surface area contributed by atoms with E-state index in [0.717, 1.165) is 29.5 Å². The molecule has 0 atom stereocenters. The summed E-state index contributed by atoms with van der Waals surface area (Å²) in [5, 5.41) is 39.1. The minimum atomic E-state index is -5.01. The summed E-state index contributed by atoms with van der Waals surface area (Å²) in [7, 11) is 0. The number of rotatable bonds is 2. The molecule has 2 aliphatic carbocycles. The van der Waals surface area contributed by atoms with Gasteiger partial charge in [-0.2, -0.15) is 34.2 Å². The Bertz CT molecular complexity index is 2200. The number of ether oxygens (including phenoxy) is 1. The van der Waals surface area contributed by atoms with Gasteiger partial charge in [-0.05, 0) is 69.8 Å². The van der Waals surface area contributed by atoms with Gasteiger partial charge in [-0.25, -0.2) is 4.39 Å². The number of fused-ring (bicyclic) bond motifs is 7. The molecule has 0 spiro atoms. The predicted octanol–water partition coefficient (Wildman–Crippen LogP) is 9.13. The molecular weight excluding hydrogens is 621 g/mol. The summed E-state index contributed by atoms with van der Waals surface area (Å²) in [6, 6.07) is 17.6. The summed E-state index contributed by atoms with van der Waals surface area (Å²) in [6.07, 6.45) is -9.97. The Kier molecular flexibility index (Phi) is 6.55. The predicted molar refractivity (Wildman–Crippen MR) is 147 cm³/mol. The Hall–Kier alpha value is -5.89. The van der Waals surface area contributed by atoms with Crippen LogP contribution in [-0.4, -0.2) is 6.36 Å². The van der Waals surface area contributed by atoms with Crippen molar-refractivity contribution in [2.45, 2.75) is 12.5 Å². The number of hydrogen-bond donors (Lipinski definition) is 0. The molecule has 0 N–H and O–H groups in total. The van der Waals surface area contributed by atoms with Crippen LogP contribution < -0.4 is 4.74 Å². The van der Waals surface area contributed by atoms with E-state index in [1.807, 2.05) is 12.1 Å². The van der Waals surface area contributed by atoms with Crippen LogP contribution in [0.2, 0.25) is 0 Å². The molecule has 0 fully saturated rings. The number of benzene rings is 3. The summed E-state index contributed by atoms with van der Waals surface area (Å²) >= 11 is 1.01. The number of thiophene rings is 1. The molecule has 0 saturated heterocycles. The van der Waals surface area contributed by atoms with E-state index in [0.29, 0.717) is 49.7 Å². The van der Waals surface area contributed by atoms with Crippen LogP contribution in [0.25, 0.3) is 44.5 Å². The summed E-state index contributed by atoms with van der Waals surface area (Å²) in [5.74, 6) is -2.04. The Balaban J connectivity index is 1.63. The lowest BCUT2D eigenvalue weighted by molar-refractivity contribution is -0.274. The highest BCUT2D eigenvalue weighted by atomic mass is 32.1. The molecule has 0 aliphatic heterocycles. The van der Waals surface area contributed by atoms with Gasteiger partial charge >= 0.3 is 12.5 Å². The molecule has 4 aromatic rings. The van der Waals surface area contributed by atoms with E-state index in [1.165, 1.54) is 18.2 Å². The van der Waals surface area contributed by atoms with Crippen LogP contribution in [0.1, 0.15) is 26.4 Å². The van der Waals surface area contributed by atoms with Crippen molar-refractivity contribution in [1.82, 2.24) is 0 Å². The first-order valence-corrected chi connectivity index (χ1v) is 13.3. The van der Waals surface area contributed by atoms with Crippen LogP contribution in [0.4, 0.5) is 30.7 Å². The molecule has 13 heteroatoms. The van der Waals surface area contributed by atoms with Crippen molar-refractivity contribution in [2.24, 2.45) is 0 Å². The number of alkyl halides is 6. The van der Waals surface area contributed by atoms with E-state index in [4.69, 9.17) is 0 Å². The van der Waals surface area contributed by atoms with E-state index in [2.05, 4.69) is 4.74 Å². The fourth-order valence-corrected chi connectivity index (χ4v) is 6.99. The molecule has 1 aromatic heterocycles. The second-order valence-corrected chi connectivity index (χ2v) is 10.7. The van der Waals surface area contributed by atoms with E-state index < -0.39 is 35.2 Å². The SMILES string of the molecule is N#CC(C#N)=C1c2cc(OC(F)(F)F)ccc2-c2c1sc1c2-c2ccc(-c3ccc(F)c(C(F)(F)F)c3)cc2C1=C(C#N)C#N. The number of allylic oxidation sites excluding steroid dienone is 2. The van der Waals surface area contributed by atoms with Crippen LogP contribution in [0.5, 0.6) is 5.75 Å². The number of hydrogen-bond acceptors (Lipinski definition) is 6. The van der Waals surface area contributed by atoms with Crippen molar-refractivity contribution in [3.8, 4) is 63.4 Å². The zero-order valence-electron chi connectivity index (χ0n) is 21.9.